The molecule has 0 saturated carbocycles. The van der Waals surface area contributed by atoms with Crippen molar-refractivity contribution in [2.75, 3.05) is 37.6 Å². The largest absolute Gasteiger partial charge is 0.444 e. The summed E-state index contributed by atoms with van der Waals surface area (Å²) < 4.78 is 10.6. The summed E-state index contributed by atoms with van der Waals surface area (Å²) in [6, 6.07) is 7.30. The van der Waals surface area contributed by atoms with Crippen molar-refractivity contribution in [3.63, 3.8) is 0 Å². The number of carbonyl (C=O) groups excluding carboxylic acids is 3. The van der Waals surface area contributed by atoms with Crippen LogP contribution in [0.15, 0.2) is 29.1 Å². The first-order valence-electron chi connectivity index (χ1n) is 14.5. The van der Waals surface area contributed by atoms with Gasteiger partial charge in [-0.2, -0.15) is 5.10 Å². The highest BCUT2D eigenvalue weighted by Gasteiger charge is 2.32. The number of imide groups is 1. The molecule has 1 N–H and O–H groups in total. The Morgan fingerprint density at radius 2 is 1.79 bits per heavy atom. The number of aromatic nitrogens is 4. The zero-order valence-electron chi connectivity index (χ0n) is 24.6. The normalized spacial score (nSPS) is 20.1. The van der Waals surface area contributed by atoms with E-state index in [0.29, 0.717) is 31.6 Å². The third-order valence-electron chi connectivity index (χ3n) is 8.22. The number of anilines is 1. The van der Waals surface area contributed by atoms with Crippen molar-refractivity contribution >= 4 is 34.6 Å². The number of hydrogen-bond acceptors (Lipinski definition) is 8. The number of imidazole rings is 1. The molecule has 5 heterocycles. The number of ether oxygens (including phenoxy) is 1. The van der Waals surface area contributed by atoms with Crippen molar-refractivity contribution in [2.45, 2.75) is 64.9 Å². The molecule has 13 nitrogen and oxygen atoms in total. The molecule has 13 heteroatoms. The number of amides is 3. The van der Waals surface area contributed by atoms with Crippen molar-refractivity contribution < 1.29 is 19.1 Å². The number of piperidine rings is 1. The van der Waals surface area contributed by atoms with Crippen LogP contribution in [0.1, 0.15) is 51.0 Å². The van der Waals surface area contributed by atoms with Gasteiger partial charge in [0.05, 0.1) is 35.5 Å². The topological polar surface area (TPSA) is 127 Å². The summed E-state index contributed by atoms with van der Waals surface area (Å²) in [6.45, 7) is 11.5. The van der Waals surface area contributed by atoms with Crippen LogP contribution in [0.4, 0.5) is 10.5 Å². The van der Waals surface area contributed by atoms with E-state index in [2.05, 4.69) is 21.2 Å². The monoisotopic (exact) mass is 578 g/mol. The molecule has 1 aromatic carbocycles. The summed E-state index contributed by atoms with van der Waals surface area (Å²) in [7, 11) is 1.71. The van der Waals surface area contributed by atoms with Crippen LogP contribution < -0.4 is 15.9 Å². The molecule has 6 rings (SSSR count). The molecule has 2 aromatic heterocycles. The van der Waals surface area contributed by atoms with Crippen LogP contribution in [0.25, 0.3) is 11.0 Å². The number of benzene rings is 1. The summed E-state index contributed by atoms with van der Waals surface area (Å²) in [6.07, 6.45) is 0.237. The van der Waals surface area contributed by atoms with Crippen LogP contribution in [0.3, 0.4) is 0 Å². The van der Waals surface area contributed by atoms with Gasteiger partial charge in [0.25, 0.3) is 0 Å². The van der Waals surface area contributed by atoms with Gasteiger partial charge < -0.3 is 14.5 Å². The van der Waals surface area contributed by atoms with Crippen LogP contribution in [0.2, 0.25) is 0 Å². The van der Waals surface area contributed by atoms with Crippen molar-refractivity contribution in [1.29, 1.82) is 0 Å². The second-order valence-corrected chi connectivity index (χ2v) is 12.4. The SMILES string of the molecule is Cn1c(=O)n(C2CCC(=O)NC2=O)c2ccc(N3CCN(Cc4cc5n(n4)CCN(C(=O)OC(C)(C)C)C5)CC3)cc21. The molecule has 3 aromatic rings. The van der Waals surface area contributed by atoms with Gasteiger partial charge in [-0.3, -0.25) is 33.6 Å². The molecule has 3 aliphatic heterocycles. The Bertz CT molecular complexity index is 1600. The Morgan fingerprint density at radius 3 is 2.50 bits per heavy atom. The molecule has 3 amide bonds. The maximum absolute atomic E-state index is 13.1. The number of rotatable bonds is 4. The number of fused-ring (bicyclic) bond motifs is 2. The highest BCUT2D eigenvalue weighted by Crippen LogP contribution is 2.27. The molecule has 2 fully saturated rings. The molecule has 42 heavy (non-hydrogen) atoms. The van der Waals surface area contributed by atoms with E-state index < -0.39 is 17.6 Å². The third kappa shape index (κ3) is 5.40. The van der Waals surface area contributed by atoms with Crippen molar-refractivity contribution in [2.24, 2.45) is 7.05 Å². The van der Waals surface area contributed by atoms with E-state index in [4.69, 9.17) is 9.84 Å². The first kappa shape index (κ1) is 28.0. The third-order valence-corrected chi connectivity index (χ3v) is 8.22. The van der Waals surface area contributed by atoms with Gasteiger partial charge in [-0.15, -0.1) is 0 Å². The number of nitrogens with zero attached hydrogens (tertiary/aromatic N) is 7. The number of hydrogen-bond donors (Lipinski definition) is 1. The molecule has 1 atom stereocenters. The second-order valence-electron chi connectivity index (χ2n) is 12.4. The molecule has 0 spiro atoms. The van der Waals surface area contributed by atoms with Crippen LogP contribution in [-0.4, -0.2) is 84.9 Å². The Kier molecular flexibility index (Phi) is 7.08. The number of nitrogens with one attached hydrogen (secondary N) is 1. The number of piperazine rings is 1. The standard InChI is InChI=1S/C29H38N8O5/c1-29(2,3)42-28(41)35-13-14-36-21(18-35)15-19(31-36)17-33-9-11-34(12-10-33)20-5-6-22-24(16-20)32(4)27(40)37(22)23-7-8-25(38)30-26(23)39/h5-6,15-16,23H,7-14,17-18H2,1-4H3,(H,30,38,39). The van der Waals surface area contributed by atoms with Crippen molar-refractivity contribution in [3.05, 3.63) is 46.1 Å². The lowest BCUT2D eigenvalue weighted by Crippen LogP contribution is -2.46. The lowest BCUT2D eigenvalue weighted by Gasteiger charge is -2.35. The maximum atomic E-state index is 13.1. The van der Waals surface area contributed by atoms with Crippen LogP contribution >= 0.6 is 0 Å². The minimum Gasteiger partial charge on any atom is -0.444 e. The Morgan fingerprint density at radius 1 is 1.02 bits per heavy atom. The molecule has 0 radical (unpaired) electrons. The summed E-state index contributed by atoms with van der Waals surface area (Å²) in [5.41, 5.74) is 3.70. The molecule has 224 valence electrons. The lowest BCUT2D eigenvalue weighted by atomic mass is 10.1. The fraction of sp³-hybridized carbons (Fsp3) is 0.552. The van der Waals surface area contributed by atoms with E-state index in [1.807, 2.05) is 43.7 Å². The predicted molar refractivity (Wildman–Crippen MR) is 155 cm³/mol. The molecular formula is C29H38N8O5. The first-order chi connectivity index (χ1) is 20.0. The Balaban J connectivity index is 1.09. The van der Waals surface area contributed by atoms with Gasteiger partial charge in [0.15, 0.2) is 0 Å². The summed E-state index contributed by atoms with van der Waals surface area (Å²) >= 11 is 0. The van der Waals surface area contributed by atoms with Gasteiger partial charge in [0, 0.05) is 58.4 Å². The fourth-order valence-corrected chi connectivity index (χ4v) is 6.06. The van der Waals surface area contributed by atoms with E-state index >= 15 is 0 Å². The Hall–Kier alpha value is -4.13. The highest BCUT2D eigenvalue weighted by atomic mass is 16.6. The van der Waals surface area contributed by atoms with Gasteiger partial charge in [-0.05, 0) is 51.5 Å². The smallest absolute Gasteiger partial charge is 0.410 e. The summed E-state index contributed by atoms with van der Waals surface area (Å²) in [5, 5.41) is 7.15. The Labute approximate surface area is 243 Å². The van der Waals surface area contributed by atoms with E-state index in [-0.39, 0.29) is 24.1 Å². The summed E-state index contributed by atoms with van der Waals surface area (Å²) in [4.78, 5) is 56.1. The predicted octanol–water partition coefficient (Wildman–Crippen LogP) is 1.59. The van der Waals surface area contributed by atoms with Crippen LogP contribution in [0.5, 0.6) is 0 Å². The van der Waals surface area contributed by atoms with Crippen molar-refractivity contribution in [3.8, 4) is 0 Å². The van der Waals surface area contributed by atoms with Gasteiger partial charge in [0.1, 0.15) is 11.6 Å². The maximum Gasteiger partial charge on any atom is 0.410 e. The van der Waals surface area contributed by atoms with Crippen LogP contribution in [0, 0.1) is 0 Å². The average Bonchev–Trinajstić information content (AvgIpc) is 3.45. The van der Waals surface area contributed by atoms with Gasteiger partial charge in [0.2, 0.25) is 11.8 Å². The van der Waals surface area contributed by atoms with Gasteiger partial charge in [-0.1, -0.05) is 0 Å². The first-order valence-corrected chi connectivity index (χ1v) is 14.5. The van der Waals surface area contributed by atoms with E-state index in [1.165, 1.54) is 4.57 Å². The van der Waals surface area contributed by atoms with Crippen LogP contribution in [-0.2, 0) is 41.0 Å². The zero-order chi connectivity index (χ0) is 29.8. The molecule has 1 unspecified atom stereocenters. The van der Waals surface area contributed by atoms with E-state index in [0.717, 1.165) is 55.3 Å². The lowest BCUT2D eigenvalue weighted by molar-refractivity contribution is -0.135. The fourth-order valence-electron chi connectivity index (χ4n) is 6.06. The number of aryl methyl sites for hydroxylation is 1. The molecule has 0 bridgehead atoms. The average molecular weight is 579 g/mol. The molecular weight excluding hydrogens is 540 g/mol. The minimum absolute atomic E-state index is 0.216. The second kappa shape index (κ2) is 10.6. The molecule has 3 aliphatic rings. The number of carbonyl (C=O) groups is 3. The molecule has 2 saturated heterocycles. The minimum atomic E-state index is -0.692. The quantitative estimate of drug-likeness (QED) is 0.463. The van der Waals surface area contributed by atoms with E-state index in [1.54, 1.807) is 16.5 Å². The highest BCUT2D eigenvalue weighted by molar-refractivity contribution is 6.00. The molecule has 0 aliphatic carbocycles. The zero-order valence-corrected chi connectivity index (χ0v) is 24.6. The van der Waals surface area contributed by atoms with Gasteiger partial charge in [-0.25, -0.2) is 9.59 Å². The van der Waals surface area contributed by atoms with Crippen molar-refractivity contribution in [1.82, 2.24) is 34.0 Å². The van der Waals surface area contributed by atoms with Gasteiger partial charge >= 0.3 is 11.8 Å². The van der Waals surface area contributed by atoms with E-state index in [9.17, 15) is 19.2 Å². The summed E-state index contributed by atoms with van der Waals surface area (Å²) in [5.74, 6) is -0.733.